The summed E-state index contributed by atoms with van der Waals surface area (Å²) in [5.74, 6) is -0.109. The van der Waals surface area contributed by atoms with Gasteiger partial charge in [-0.05, 0) is 37.8 Å². The molecular weight excluding hydrogens is 292 g/mol. The Balaban J connectivity index is 1.61. The van der Waals surface area contributed by atoms with Gasteiger partial charge >= 0.3 is 0 Å². The van der Waals surface area contributed by atoms with E-state index in [1.165, 1.54) is 4.57 Å². The first-order valence-corrected chi connectivity index (χ1v) is 8.11. The van der Waals surface area contributed by atoms with E-state index in [1.807, 2.05) is 17.4 Å². The molecule has 6 heteroatoms. The van der Waals surface area contributed by atoms with Crippen LogP contribution in [-0.4, -0.2) is 37.0 Å². The third-order valence-electron chi connectivity index (χ3n) is 5.24. The molecule has 4 rings (SSSR count). The smallest absolute Gasteiger partial charge is 0.263 e. The Morgan fingerprint density at radius 2 is 1.91 bits per heavy atom. The summed E-state index contributed by atoms with van der Waals surface area (Å²) in [5, 5.41) is 0. The third kappa shape index (κ3) is 2.29. The second-order valence-corrected chi connectivity index (χ2v) is 6.57. The normalized spacial score (nSPS) is 26.5. The maximum Gasteiger partial charge on any atom is 0.263 e. The van der Waals surface area contributed by atoms with Crippen LogP contribution in [0, 0.1) is 0 Å². The standard InChI is InChI=1S/C17H20N4O2/c1-19-7-2-3-15(16(19)22)17(23)21-12-4-5-13(21)10-14(9-12)20-8-6-18-11-20/h2-3,6-8,11-14H,4-5,9-10H2,1H3. The van der Waals surface area contributed by atoms with E-state index in [-0.39, 0.29) is 29.1 Å². The van der Waals surface area contributed by atoms with E-state index in [2.05, 4.69) is 9.55 Å². The molecule has 2 atom stereocenters. The van der Waals surface area contributed by atoms with Gasteiger partial charge in [-0.25, -0.2) is 4.98 Å². The van der Waals surface area contributed by atoms with Gasteiger partial charge in [0, 0.05) is 43.8 Å². The fourth-order valence-electron chi connectivity index (χ4n) is 4.11. The van der Waals surface area contributed by atoms with Gasteiger partial charge in [0.05, 0.1) is 6.33 Å². The number of amides is 1. The maximum atomic E-state index is 12.9. The number of rotatable bonds is 2. The van der Waals surface area contributed by atoms with E-state index in [1.54, 1.807) is 31.6 Å². The number of aryl methyl sites for hydroxylation is 1. The summed E-state index contributed by atoms with van der Waals surface area (Å²) in [5.41, 5.74) is 0.0709. The minimum absolute atomic E-state index is 0.109. The molecule has 2 aromatic rings. The van der Waals surface area contributed by atoms with Crippen LogP contribution in [0.15, 0.2) is 41.8 Å². The fourth-order valence-corrected chi connectivity index (χ4v) is 4.11. The summed E-state index contributed by atoms with van der Waals surface area (Å²) in [6, 6.07) is 4.25. The molecule has 0 spiro atoms. The van der Waals surface area contributed by atoms with Gasteiger partial charge in [0.15, 0.2) is 0 Å². The molecule has 2 fully saturated rings. The average Bonchev–Trinajstić information content (AvgIpc) is 3.16. The van der Waals surface area contributed by atoms with E-state index in [4.69, 9.17) is 0 Å². The Morgan fingerprint density at radius 3 is 2.57 bits per heavy atom. The van der Waals surface area contributed by atoms with Crippen LogP contribution in [0.2, 0.25) is 0 Å². The first kappa shape index (κ1) is 14.2. The Bertz CT molecular complexity index is 766. The van der Waals surface area contributed by atoms with Gasteiger partial charge in [-0.15, -0.1) is 0 Å². The van der Waals surface area contributed by atoms with Crippen LogP contribution in [0.25, 0.3) is 0 Å². The van der Waals surface area contributed by atoms with Crippen LogP contribution in [0.3, 0.4) is 0 Å². The number of carbonyl (C=O) groups excluding carboxylic acids is 1. The molecule has 23 heavy (non-hydrogen) atoms. The van der Waals surface area contributed by atoms with Crippen molar-refractivity contribution >= 4 is 5.91 Å². The van der Waals surface area contributed by atoms with Crippen LogP contribution in [0.4, 0.5) is 0 Å². The number of carbonyl (C=O) groups is 1. The van der Waals surface area contributed by atoms with Gasteiger partial charge in [-0.1, -0.05) is 0 Å². The number of hydrogen-bond acceptors (Lipinski definition) is 3. The molecule has 2 aliphatic heterocycles. The van der Waals surface area contributed by atoms with Gasteiger partial charge in [-0.2, -0.15) is 0 Å². The first-order chi connectivity index (χ1) is 11.1. The summed E-state index contributed by atoms with van der Waals surface area (Å²) in [4.78, 5) is 31.3. The Kier molecular flexibility index (Phi) is 3.32. The minimum atomic E-state index is -0.214. The van der Waals surface area contributed by atoms with Gasteiger partial charge in [0.1, 0.15) is 5.56 Å². The zero-order valence-corrected chi connectivity index (χ0v) is 13.1. The number of fused-ring (bicyclic) bond motifs is 2. The van der Waals surface area contributed by atoms with Crippen molar-refractivity contribution in [1.82, 2.24) is 19.0 Å². The SMILES string of the molecule is Cn1cccc(C(=O)N2C3CCC2CC(n2ccnc2)C3)c1=O. The Morgan fingerprint density at radius 1 is 1.17 bits per heavy atom. The Hall–Kier alpha value is -2.37. The average molecular weight is 312 g/mol. The summed E-state index contributed by atoms with van der Waals surface area (Å²) >= 11 is 0. The van der Waals surface area contributed by atoms with Crippen LogP contribution < -0.4 is 5.56 Å². The second kappa shape index (κ2) is 5.37. The van der Waals surface area contributed by atoms with Gasteiger partial charge < -0.3 is 14.0 Å². The molecular formula is C17H20N4O2. The molecule has 0 N–H and O–H groups in total. The largest absolute Gasteiger partial charge is 0.334 e. The van der Waals surface area contributed by atoms with E-state index in [9.17, 15) is 9.59 Å². The van der Waals surface area contributed by atoms with Crippen molar-refractivity contribution in [3.63, 3.8) is 0 Å². The van der Waals surface area contributed by atoms with Crippen molar-refractivity contribution in [1.29, 1.82) is 0 Å². The van der Waals surface area contributed by atoms with Gasteiger partial charge in [-0.3, -0.25) is 9.59 Å². The highest BCUT2D eigenvalue weighted by Crippen LogP contribution is 2.41. The van der Waals surface area contributed by atoms with E-state index in [0.717, 1.165) is 25.7 Å². The highest BCUT2D eigenvalue weighted by molar-refractivity contribution is 5.94. The molecule has 4 heterocycles. The van der Waals surface area contributed by atoms with Crippen LogP contribution >= 0.6 is 0 Å². The first-order valence-electron chi connectivity index (χ1n) is 8.11. The number of hydrogen-bond donors (Lipinski definition) is 0. The molecule has 0 saturated carbocycles. The molecule has 2 aliphatic rings. The topological polar surface area (TPSA) is 60.1 Å². The predicted molar refractivity (Wildman–Crippen MR) is 85.2 cm³/mol. The van der Waals surface area contributed by atoms with Crippen LogP contribution in [-0.2, 0) is 7.05 Å². The molecule has 6 nitrogen and oxygen atoms in total. The molecule has 0 radical (unpaired) electrons. The van der Waals surface area contributed by atoms with Crippen molar-refractivity contribution in [2.75, 3.05) is 0 Å². The van der Waals surface area contributed by atoms with Crippen molar-refractivity contribution in [2.24, 2.45) is 7.05 Å². The minimum Gasteiger partial charge on any atom is -0.334 e. The molecule has 1 amide bonds. The van der Waals surface area contributed by atoms with E-state index >= 15 is 0 Å². The van der Waals surface area contributed by atoms with Crippen LogP contribution in [0.5, 0.6) is 0 Å². The predicted octanol–water partition coefficient (Wildman–Crippen LogP) is 1.59. The Labute approximate surface area is 134 Å². The molecule has 2 bridgehead atoms. The number of imidazole rings is 1. The molecule has 2 aromatic heterocycles. The maximum absolute atomic E-state index is 12.9. The molecule has 2 saturated heterocycles. The lowest BCUT2D eigenvalue weighted by Gasteiger charge is -2.39. The summed E-state index contributed by atoms with van der Waals surface area (Å²) in [7, 11) is 1.68. The zero-order valence-electron chi connectivity index (χ0n) is 13.1. The van der Waals surface area contributed by atoms with Gasteiger partial charge in [0.2, 0.25) is 0 Å². The highest BCUT2D eigenvalue weighted by Gasteiger charge is 2.44. The monoisotopic (exact) mass is 312 g/mol. The van der Waals surface area contributed by atoms with E-state index < -0.39 is 0 Å². The molecule has 0 aliphatic carbocycles. The lowest BCUT2D eigenvalue weighted by Crippen LogP contribution is -2.48. The lowest BCUT2D eigenvalue weighted by molar-refractivity contribution is 0.0531. The zero-order chi connectivity index (χ0) is 16.0. The fraction of sp³-hybridized carbons (Fsp3) is 0.471. The molecule has 2 unspecified atom stereocenters. The number of piperidine rings is 1. The number of nitrogens with zero attached hydrogens (tertiary/aromatic N) is 4. The van der Waals surface area contributed by atoms with Crippen LogP contribution in [0.1, 0.15) is 42.1 Å². The highest BCUT2D eigenvalue weighted by atomic mass is 16.2. The van der Waals surface area contributed by atoms with Crippen molar-refractivity contribution < 1.29 is 4.79 Å². The molecule has 0 aromatic carbocycles. The number of aromatic nitrogens is 3. The number of pyridine rings is 1. The van der Waals surface area contributed by atoms with E-state index in [0.29, 0.717) is 6.04 Å². The quantitative estimate of drug-likeness (QED) is 0.846. The van der Waals surface area contributed by atoms with Crippen molar-refractivity contribution in [3.8, 4) is 0 Å². The van der Waals surface area contributed by atoms with Crippen molar-refractivity contribution in [3.05, 3.63) is 53.0 Å². The molecule has 120 valence electrons. The van der Waals surface area contributed by atoms with Crippen molar-refractivity contribution in [2.45, 2.75) is 43.8 Å². The lowest BCUT2D eigenvalue weighted by atomic mass is 9.96. The van der Waals surface area contributed by atoms with Gasteiger partial charge in [0.25, 0.3) is 11.5 Å². The summed E-state index contributed by atoms with van der Waals surface area (Å²) in [6.45, 7) is 0. The summed E-state index contributed by atoms with van der Waals surface area (Å²) in [6.07, 6.45) is 11.2. The second-order valence-electron chi connectivity index (χ2n) is 6.57. The third-order valence-corrected chi connectivity index (χ3v) is 5.24. The summed E-state index contributed by atoms with van der Waals surface area (Å²) < 4.78 is 3.61.